The minimum atomic E-state index is -0.104. The van der Waals surface area contributed by atoms with Crippen LogP contribution in [0.15, 0.2) is 28.3 Å². The van der Waals surface area contributed by atoms with Crippen LogP contribution in [0.1, 0.15) is 43.1 Å². The molecule has 2 aromatic rings. The second kappa shape index (κ2) is 10.7. The smallest absolute Gasteiger partial charge is 0.251 e. The molecule has 3 rings (SSSR count). The number of aromatic nitrogens is 3. The van der Waals surface area contributed by atoms with Crippen LogP contribution in [-0.2, 0) is 0 Å². The van der Waals surface area contributed by atoms with E-state index >= 15 is 0 Å². The normalized spacial score (nSPS) is 15.3. The maximum Gasteiger partial charge on any atom is 0.251 e. The summed E-state index contributed by atoms with van der Waals surface area (Å²) in [6.07, 6.45) is 1.07. The molecule has 9 heteroatoms. The van der Waals surface area contributed by atoms with Gasteiger partial charge in [0.1, 0.15) is 0 Å². The number of nitrogens with one attached hydrogen (secondary N) is 1. The SMILES string of the molecule is CNC(=O)c1ccc(C)c(Sc2nc(N(C)CC(C)(C)C)nc(N3CCCN(C)CC3)n2)c1. The van der Waals surface area contributed by atoms with Crippen LogP contribution in [0.5, 0.6) is 0 Å². The maximum absolute atomic E-state index is 12.1. The molecular weight excluding hydrogens is 434 g/mol. The molecule has 2 heterocycles. The zero-order chi connectivity index (χ0) is 24.2. The largest absolute Gasteiger partial charge is 0.355 e. The number of carbonyl (C=O) groups is 1. The van der Waals surface area contributed by atoms with Crippen molar-refractivity contribution in [2.24, 2.45) is 5.41 Å². The molecule has 1 aromatic carbocycles. The molecule has 0 atom stereocenters. The molecule has 8 nitrogen and oxygen atoms in total. The molecule has 1 amide bonds. The summed E-state index contributed by atoms with van der Waals surface area (Å²) in [5, 5.41) is 3.34. The molecule has 0 spiro atoms. The summed E-state index contributed by atoms with van der Waals surface area (Å²) in [7, 11) is 5.83. The van der Waals surface area contributed by atoms with Crippen LogP contribution in [0, 0.1) is 12.3 Å². The van der Waals surface area contributed by atoms with Crippen LogP contribution in [0.3, 0.4) is 0 Å². The Hall–Kier alpha value is -2.39. The van der Waals surface area contributed by atoms with Gasteiger partial charge in [-0.3, -0.25) is 4.79 Å². The van der Waals surface area contributed by atoms with Crippen LogP contribution < -0.4 is 15.1 Å². The number of hydrogen-bond donors (Lipinski definition) is 1. The van der Waals surface area contributed by atoms with Crippen molar-refractivity contribution < 1.29 is 4.79 Å². The lowest BCUT2D eigenvalue weighted by Crippen LogP contribution is -2.33. The maximum atomic E-state index is 12.1. The highest BCUT2D eigenvalue weighted by Crippen LogP contribution is 2.31. The van der Waals surface area contributed by atoms with E-state index in [4.69, 9.17) is 15.0 Å². The van der Waals surface area contributed by atoms with Crippen molar-refractivity contribution >= 4 is 29.6 Å². The number of anilines is 2. The van der Waals surface area contributed by atoms with E-state index in [-0.39, 0.29) is 11.3 Å². The van der Waals surface area contributed by atoms with Gasteiger partial charge in [-0.1, -0.05) is 26.8 Å². The van der Waals surface area contributed by atoms with Crippen molar-refractivity contribution in [3.8, 4) is 0 Å². The third kappa shape index (κ3) is 7.04. The summed E-state index contributed by atoms with van der Waals surface area (Å²) in [5.74, 6) is 1.29. The lowest BCUT2D eigenvalue weighted by molar-refractivity contribution is 0.0963. The quantitative estimate of drug-likeness (QED) is 0.688. The van der Waals surface area contributed by atoms with Gasteiger partial charge in [-0.25, -0.2) is 0 Å². The topological polar surface area (TPSA) is 77.5 Å². The van der Waals surface area contributed by atoms with Crippen LogP contribution in [-0.4, -0.2) is 79.6 Å². The molecule has 0 unspecified atom stereocenters. The predicted octanol–water partition coefficient (Wildman–Crippen LogP) is 3.32. The fourth-order valence-electron chi connectivity index (χ4n) is 3.82. The molecule has 1 fully saturated rings. The fourth-order valence-corrected chi connectivity index (χ4v) is 4.68. The first kappa shape index (κ1) is 25.2. The Bertz CT molecular complexity index is 976. The summed E-state index contributed by atoms with van der Waals surface area (Å²) < 4.78 is 0. The minimum absolute atomic E-state index is 0.104. The van der Waals surface area contributed by atoms with E-state index in [1.807, 2.05) is 32.2 Å². The van der Waals surface area contributed by atoms with Gasteiger partial charge in [0, 0.05) is 50.7 Å². The van der Waals surface area contributed by atoms with E-state index in [1.165, 1.54) is 11.8 Å². The van der Waals surface area contributed by atoms with Crippen molar-refractivity contribution in [1.29, 1.82) is 0 Å². The van der Waals surface area contributed by atoms with Gasteiger partial charge in [-0.15, -0.1) is 0 Å². The van der Waals surface area contributed by atoms with Crippen molar-refractivity contribution in [3.63, 3.8) is 0 Å². The first-order chi connectivity index (χ1) is 15.6. The Morgan fingerprint density at radius 2 is 1.91 bits per heavy atom. The monoisotopic (exact) mass is 471 g/mol. The minimum Gasteiger partial charge on any atom is -0.355 e. The van der Waals surface area contributed by atoms with Crippen molar-refractivity contribution in [1.82, 2.24) is 25.2 Å². The fraction of sp³-hybridized carbons (Fsp3) is 0.583. The number of aryl methyl sites for hydroxylation is 1. The molecule has 1 N–H and O–H groups in total. The van der Waals surface area contributed by atoms with Gasteiger partial charge in [-0.2, -0.15) is 15.0 Å². The summed E-state index contributed by atoms with van der Waals surface area (Å²) in [6.45, 7) is 13.4. The molecule has 1 aromatic heterocycles. The molecule has 1 saturated heterocycles. The van der Waals surface area contributed by atoms with Crippen molar-refractivity contribution in [2.45, 2.75) is 44.2 Å². The lowest BCUT2D eigenvalue weighted by atomic mass is 9.96. The van der Waals surface area contributed by atoms with Gasteiger partial charge in [0.15, 0.2) is 5.16 Å². The molecule has 0 radical (unpaired) electrons. The number of benzene rings is 1. The zero-order valence-corrected chi connectivity index (χ0v) is 21.8. The Balaban J connectivity index is 1.98. The summed E-state index contributed by atoms with van der Waals surface area (Å²) in [5.41, 5.74) is 1.81. The highest BCUT2D eigenvalue weighted by Gasteiger charge is 2.21. The Kier molecular flexibility index (Phi) is 8.18. The molecule has 1 aliphatic rings. The van der Waals surface area contributed by atoms with Crippen LogP contribution in [0.4, 0.5) is 11.9 Å². The van der Waals surface area contributed by atoms with Gasteiger partial charge >= 0.3 is 0 Å². The highest BCUT2D eigenvalue weighted by molar-refractivity contribution is 7.99. The molecule has 0 aliphatic carbocycles. The number of carbonyl (C=O) groups excluding carboxylic acids is 1. The summed E-state index contributed by atoms with van der Waals surface area (Å²) in [4.78, 5) is 34.4. The molecule has 33 heavy (non-hydrogen) atoms. The number of nitrogens with zero attached hydrogens (tertiary/aromatic N) is 6. The van der Waals surface area contributed by atoms with Gasteiger partial charge in [0.05, 0.1) is 0 Å². The first-order valence-corrected chi connectivity index (χ1v) is 12.3. The average Bonchev–Trinajstić information content (AvgIpc) is 2.97. The Morgan fingerprint density at radius 1 is 1.15 bits per heavy atom. The lowest BCUT2D eigenvalue weighted by Gasteiger charge is -2.28. The van der Waals surface area contributed by atoms with Crippen molar-refractivity contribution in [3.05, 3.63) is 29.3 Å². The Morgan fingerprint density at radius 3 is 2.61 bits per heavy atom. The number of amides is 1. The Labute approximate surface area is 202 Å². The predicted molar refractivity (Wildman–Crippen MR) is 136 cm³/mol. The summed E-state index contributed by atoms with van der Waals surface area (Å²) in [6, 6.07) is 5.71. The van der Waals surface area contributed by atoms with Gasteiger partial charge in [0.2, 0.25) is 11.9 Å². The van der Waals surface area contributed by atoms with Gasteiger partial charge in [0.25, 0.3) is 5.91 Å². The van der Waals surface area contributed by atoms with E-state index in [0.717, 1.165) is 55.6 Å². The highest BCUT2D eigenvalue weighted by atomic mass is 32.2. The van der Waals surface area contributed by atoms with E-state index in [1.54, 1.807) is 7.05 Å². The number of likely N-dealkylation sites (N-methyl/N-ethyl adjacent to an activating group) is 1. The number of rotatable bonds is 6. The third-order valence-electron chi connectivity index (χ3n) is 5.53. The van der Waals surface area contributed by atoms with Gasteiger partial charge < -0.3 is 20.0 Å². The van der Waals surface area contributed by atoms with Gasteiger partial charge in [-0.05, 0) is 61.8 Å². The third-order valence-corrected chi connectivity index (χ3v) is 6.55. The zero-order valence-electron chi connectivity index (χ0n) is 21.0. The van der Waals surface area contributed by atoms with Crippen molar-refractivity contribution in [2.75, 3.05) is 63.7 Å². The molecule has 1 aliphatic heterocycles. The molecule has 0 bridgehead atoms. The van der Waals surface area contributed by atoms with E-state index in [2.05, 4.69) is 47.8 Å². The van der Waals surface area contributed by atoms with E-state index in [9.17, 15) is 4.79 Å². The molecule has 0 saturated carbocycles. The van der Waals surface area contributed by atoms with Crippen LogP contribution in [0.25, 0.3) is 0 Å². The summed E-state index contributed by atoms with van der Waals surface area (Å²) >= 11 is 1.48. The van der Waals surface area contributed by atoms with E-state index in [0.29, 0.717) is 16.7 Å². The molecular formula is C24H37N7OS. The second-order valence-electron chi connectivity index (χ2n) is 9.94. The average molecular weight is 472 g/mol. The second-order valence-corrected chi connectivity index (χ2v) is 10.9. The molecule has 180 valence electrons. The van der Waals surface area contributed by atoms with Crippen LogP contribution in [0.2, 0.25) is 0 Å². The van der Waals surface area contributed by atoms with E-state index < -0.39 is 0 Å². The first-order valence-electron chi connectivity index (χ1n) is 11.5. The number of hydrogen-bond acceptors (Lipinski definition) is 8. The van der Waals surface area contributed by atoms with Crippen LogP contribution >= 0.6 is 11.8 Å². The standard InChI is InChI=1S/C24H37N7OS/c1-17-9-10-18(20(32)25-5)15-19(17)33-23-27-21(30(7)16-24(2,3)4)26-22(28-23)31-12-8-11-29(6)13-14-31/h9-10,15H,8,11-14,16H2,1-7H3,(H,25,32).